The second-order valence-corrected chi connectivity index (χ2v) is 6.47. The molecule has 132 valence electrons. The van der Waals surface area contributed by atoms with Gasteiger partial charge >= 0.3 is 5.97 Å². The SMILES string of the molecule is O=C(O[C@@H](C(=O)NCc1ccc(F)cc1)c1ccccc1)c1cccs1. The Hall–Kier alpha value is -2.99. The van der Waals surface area contributed by atoms with Crippen molar-refractivity contribution in [3.05, 3.63) is 93.9 Å². The zero-order chi connectivity index (χ0) is 18.4. The van der Waals surface area contributed by atoms with Crippen molar-refractivity contribution in [2.24, 2.45) is 0 Å². The molecule has 0 fully saturated rings. The summed E-state index contributed by atoms with van der Waals surface area (Å²) in [6.07, 6.45) is -1.06. The Morgan fingerprint density at radius 2 is 1.73 bits per heavy atom. The number of nitrogens with one attached hydrogen (secondary N) is 1. The molecule has 0 spiro atoms. The van der Waals surface area contributed by atoms with Gasteiger partial charge in [0.05, 0.1) is 0 Å². The maximum atomic E-state index is 13.0. The fourth-order valence-electron chi connectivity index (χ4n) is 2.34. The largest absolute Gasteiger partial charge is 0.443 e. The van der Waals surface area contributed by atoms with Gasteiger partial charge in [0.1, 0.15) is 10.7 Å². The average Bonchev–Trinajstić information content (AvgIpc) is 3.21. The maximum absolute atomic E-state index is 13.0. The first kappa shape index (κ1) is 17.8. The molecule has 0 aliphatic heterocycles. The summed E-state index contributed by atoms with van der Waals surface area (Å²) >= 11 is 1.25. The van der Waals surface area contributed by atoms with Gasteiger partial charge in [0.2, 0.25) is 6.10 Å². The van der Waals surface area contributed by atoms with Gasteiger partial charge in [-0.2, -0.15) is 0 Å². The van der Waals surface area contributed by atoms with Crippen molar-refractivity contribution in [1.82, 2.24) is 5.32 Å². The van der Waals surface area contributed by atoms with Crippen molar-refractivity contribution in [2.75, 3.05) is 0 Å². The van der Waals surface area contributed by atoms with E-state index >= 15 is 0 Å². The van der Waals surface area contributed by atoms with Gasteiger partial charge in [-0.25, -0.2) is 9.18 Å². The van der Waals surface area contributed by atoms with Crippen LogP contribution in [0.1, 0.15) is 26.9 Å². The van der Waals surface area contributed by atoms with Crippen LogP contribution in [0, 0.1) is 5.82 Å². The maximum Gasteiger partial charge on any atom is 0.349 e. The van der Waals surface area contributed by atoms with Gasteiger partial charge < -0.3 is 10.1 Å². The molecule has 3 rings (SSSR count). The third-order valence-electron chi connectivity index (χ3n) is 3.67. The quantitative estimate of drug-likeness (QED) is 0.666. The molecule has 1 N–H and O–H groups in total. The van der Waals surface area contributed by atoms with Gasteiger partial charge in [-0.1, -0.05) is 48.5 Å². The molecule has 2 aromatic carbocycles. The molecule has 0 aliphatic rings. The standard InChI is InChI=1S/C20H16FNO3S/c21-16-10-8-14(9-11-16)13-22-19(23)18(15-5-2-1-3-6-15)25-20(24)17-7-4-12-26-17/h1-12,18H,13H2,(H,22,23)/t18-/m1/s1. The Kier molecular flexibility index (Phi) is 5.76. The van der Waals surface area contributed by atoms with Crippen LogP contribution in [0.2, 0.25) is 0 Å². The van der Waals surface area contributed by atoms with Crippen LogP contribution in [0.15, 0.2) is 72.1 Å². The Morgan fingerprint density at radius 3 is 2.38 bits per heavy atom. The second kappa shape index (κ2) is 8.40. The first-order chi connectivity index (χ1) is 12.6. The molecular weight excluding hydrogens is 353 g/mol. The molecule has 4 nitrogen and oxygen atoms in total. The number of benzene rings is 2. The molecule has 0 unspecified atom stereocenters. The Morgan fingerprint density at radius 1 is 1.00 bits per heavy atom. The van der Waals surface area contributed by atoms with Crippen molar-refractivity contribution in [3.8, 4) is 0 Å². The third kappa shape index (κ3) is 4.55. The number of ether oxygens (including phenoxy) is 1. The van der Waals surface area contributed by atoms with Crippen LogP contribution in [0.25, 0.3) is 0 Å². The average molecular weight is 369 g/mol. The predicted octanol–water partition coefficient (Wildman–Crippen LogP) is 4.10. The molecule has 0 aliphatic carbocycles. The number of carbonyl (C=O) groups excluding carboxylic acids is 2. The topological polar surface area (TPSA) is 55.4 Å². The number of esters is 1. The highest BCUT2D eigenvalue weighted by Gasteiger charge is 2.25. The van der Waals surface area contributed by atoms with Crippen molar-refractivity contribution in [2.45, 2.75) is 12.6 Å². The smallest absolute Gasteiger partial charge is 0.349 e. The summed E-state index contributed by atoms with van der Waals surface area (Å²) in [5.74, 6) is -1.33. The van der Waals surface area contributed by atoms with Gasteiger partial charge in [-0.15, -0.1) is 11.3 Å². The van der Waals surface area contributed by atoms with Gasteiger partial charge in [0.25, 0.3) is 5.91 Å². The zero-order valence-electron chi connectivity index (χ0n) is 13.7. The summed E-state index contributed by atoms with van der Waals surface area (Å²) < 4.78 is 18.4. The number of carbonyl (C=O) groups is 2. The summed E-state index contributed by atoms with van der Waals surface area (Å²) in [7, 11) is 0. The Bertz CT molecular complexity index is 864. The number of thiophene rings is 1. The molecule has 1 atom stereocenters. The highest BCUT2D eigenvalue weighted by atomic mass is 32.1. The van der Waals surface area contributed by atoms with Gasteiger partial charge in [-0.05, 0) is 29.1 Å². The third-order valence-corrected chi connectivity index (χ3v) is 4.52. The normalized spacial score (nSPS) is 11.6. The highest BCUT2D eigenvalue weighted by Crippen LogP contribution is 2.21. The molecule has 1 heterocycles. The molecule has 0 saturated carbocycles. The van der Waals surface area contributed by atoms with Gasteiger partial charge in [0.15, 0.2) is 0 Å². The number of amides is 1. The van der Waals surface area contributed by atoms with E-state index in [1.807, 2.05) is 6.07 Å². The summed E-state index contributed by atoms with van der Waals surface area (Å²) in [5, 5.41) is 4.50. The summed E-state index contributed by atoms with van der Waals surface area (Å²) in [4.78, 5) is 25.3. The van der Waals surface area contributed by atoms with Crippen LogP contribution in [0.4, 0.5) is 4.39 Å². The lowest BCUT2D eigenvalue weighted by Crippen LogP contribution is -2.31. The van der Waals surface area contributed by atoms with Crippen molar-refractivity contribution in [3.63, 3.8) is 0 Å². The Labute approximate surface area is 154 Å². The van der Waals surface area contributed by atoms with E-state index in [-0.39, 0.29) is 12.4 Å². The fraction of sp³-hybridized carbons (Fsp3) is 0.100. The first-order valence-electron chi connectivity index (χ1n) is 7.95. The van der Waals surface area contributed by atoms with E-state index in [4.69, 9.17) is 4.74 Å². The van der Waals surface area contributed by atoms with E-state index in [9.17, 15) is 14.0 Å². The van der Waals surface area contributed by atoms with E-state index in [2.05, 4.69) is 5.32 Å². The summed E-state index contributed by atoms with van der Waals surface area (Å²) in [5.41, 5.74) is 1.32. The minimum Gasteiger partial charge on any atom is -0.443 e. The van der Waals surface area contributed by atoms with Crippen molar-refractivity contribution < 1.29 is 18.7 Å². The predicted molar refractivity (Wildman–Crippen MR) is 97.2 cm³/mol. The highest BCUT2D eigenvalue weighted by molar-refractivity contribution is 7.11. The van der Waals surface area contributed by atoms with Gasteiger partial charge in [0, 0.05) is 12.1 Å². The van der Waals surface area contributed by atoms with Crippen LogP contribution in [0.3, 0.4) is 0 Å². The summed E-state index contributed by atoms with van der Waals surface area (Å²) in [6.45, 7) is 0.207. The van der Waals surface area contributed by atoms with Crippen molar-refractivity contribution in [1.29, 1.82) is 0 Å². The minimum atomic E-state index is -1.06. The molecule has 3 aromatic rings. The minimum absolute atomic E-state index is 0.207. The van der Waals surface area contributed by atoms with Crippen LogP contribution >= 0.6 is 11.3 Å². The van der Waals surface area contributed by atoms with E-state index in [0.717, 1.165) is 5.56 Å². The molecule has 0 saturated heterocycles. The molecule has 1 amide bonds. The fourth-order valence-corrected chi connectivity index (χ4v) is 2.95. The zero-order valence-corrected chi connectivity index (χ0v) is 14.5. The molecule has 0 radical (unpaired) electrons. The lowest BCUT2D eigenvalue weighted by Gasteiger charge is -2.17. The number of hydrogen-bond acceptors (Lipinski definition) is 4. The summed E-state index contributed by atoms with van der Waals surface area (Å²) in [6, 6.07) is 18.0. The molecular formula is C20H16FNO3S. The first-order valence-corrected chi connectivity index (χ1v) is 8.83. The van der Waals surface area contributed by atoms with Crippen LogP contribution in [0.5, 0.6) is 0 Å². The molecule has 0 bridgehead atoms. The van der Waals surface area contributed by atoms with E-state index in [1.165, 1.54) is 23.5 Å². The van der Waals surface area contributed by atoms with Crippen molar-refractivity contribution >= 4 is 23.2 Å². The number of rotatable bonds is 6. The number of halogens is 1. The molecule has 1 aromatic heterocycles. The Balaban J connectivity index is 1.73. The van der Waals surface area contributed by atoms with E-state index in [0.29, 0.717) is 10.4 Å². The number of hydrogen-bond donors (Lipinski definition) is 1. The lowest BCUT2D eigenvalue weighted by molar-refractivity contribution is -0.130. The molecule has 6 heteroatoms. The monoisotopic (exact) mass is 369 g/mol. The molecule has 26 heavy (non-hydrogen) atoms. The van der Waals surface area contributed by atoms with Gasteiger partial charge in [-0.3, -0.25) is 4.79 Å². The lowest BCUT2D eigenvalue weighted by atomic mass is 10.1. The van der Waals surface area contributed by atoms with Crippen LogP contribution < -0.4 is 5.32 Å². The second-order valence-electron chi connectivity index (χ2n) is 5.52. The van der Waals surface area contributed by atoms with E-state index < -0.39 is 18.0 Å². The van der Waals surface area contributed by atoms with E-state index in [1.54, 1.807) is 53.9 Å². The van der Waals surface area contributed by atoms with Crippen LogP contribution in [-0.2, 0) is 16.1 Å². The van der Waals surface area contributed by atoms with Crippen LogP contribution in [-0.4, -0.2) is 11.9 Å².